The van der Waals surface area contributed by atoms with Gasteiger partial charge < -0.3 is 5.32 Å². The lowest BCUT2D eigenvalue weighted by atomic mass is 9.97. The van der Waals surface area contributed by atoms with Gasteiger partial charge in [0.2, 0.25) is 0 Å². The van der Waals surface area contributed by atoms with E-state index in [1.807, 2.05) is 33.0 Å². The van der Waals surface area contributed by atoms with E-state index in [0.717, 1.165) is 24.2 Å². The summed E-state index contributed by atoms with van der Waals surface area (Å²) in [6.07, 6.45) is 2.38. The van der Waals surface area contributed by atoms with E-state index in [2.05, 4.69) is 17.1 Å². The first kappa shape index (κ1) is 14.5. The Morgan fingerprint density at radius 3 is 2.47 bits per heavy atom. The van der Waals surface area contributed by atoms with Gasteiger partial charge in [-0.15, -0.1) is 0 Å². The normalized spacial score (nSPS) is 24.7. The van der Waals surface area contributed by atoms with Crippen molar-refractivity contribution in [2.45, 2.75) is 52.2 Å². The Labute approximate surface area is 116 Å². The molecule has 0 spiro atoms. The van der Waals surface area contributed by atoms with Gasteiger partial charge in [-0.1, -0.05) is 12.1 Å². The Morgan fingerprint density at radius 2 is 1.95 bits per heavy atom. The average molecular weight is 264 g/mol. The number of likely N-dealkylation sites (tertiary alicyclic amines) is 1. The van der Waals surface area contributed by atoms with Crippen LogP contribution in [0.1, 0.15) is 36.5 Å². The van der Waals surface area contributed by atoms with Crippen molar-refractivity contribution in [3.63, 3.8) is 0 Å². The van der Waals surface area contributed by atoms with Gasteiger partial charge in [0.15, 0.2) is 0 Å². The van der Waals surface area contributed by atoms with Crippen molar-refractivity contribution in [1.82, 2.24) is 10.2 Å². The molecule has 19 heavy (non-hydrogen) atoms. The Morgan fingerprint density at radius 1 is 1.32 bits per heavy atom. The maximum absolute atomic E-state index is 13.6. The molecule has 2 atom stereocenters. The second-order valence-electron chi connectivity index (χ2n) is 5.87. The number of halogens is 1. The number of nitrogens with zero attached hydrogens (tertiary/aromatic N) is 1. The molecule has 0 aliphatic carbocycles. The van der Waals surface area contributed by atoms with E-state index in [1.165, 1.54) is 18.4 Å². The molecule has 1 aliphatic rings. The number of piperidine rings is 1. The van der Waals surface area contributed by atoms with Crippen LogP contribution in [0.25, 0.3) is 0 Å². The van der Waals surface area contributed by atoms with Gasteiger partial charge in [-0.25, -0.2) is 4.39 Å². The van der Waals surface area contributed by atoms with Crippen LogP contribution in [-0.4, -0.2) is 30.6 Å². The third-order valence-electron chi connectivity index (χ3n) is 4.30. The molecule has 1 aromatic carbocycles. The third-order valence-corrected chi connectivity index (χ3v) is 4.30. The molecule has 1 saturated heterocycles. The molecule has 3 heteroatoms. The summed E-state index contributed by atoms with van der Waals surface area (Å²) in [5.41, 5.74) is 2.74. The van der Waals surface area contributed by atoms with Crippen LogP contribution in [0.15, 0.2) is 12.1 Å². The van der Waals surface area contributed by atoms with Crippen LogP contribution in [0.3, 0.4) is 0 Å². The molecule has 2 nitrogen and oxygen atoms in total. The second kappa shape index (κ2) is 6.02. The maximum Gasteiger partial charge on any atom is 0.129 e. The van der Waals surface area contributed by atoms with Gasteiger partial charge in [0, 0.05) is 25.2 Å². The van der Waals surface area contributed by atoms with Crippen LogP contribution in [0.5, 0.6) is 0 Å². The van der Waals surface area contributed by atoms with Crippen LogP contribution < -0.4 is 5.32 Å². The number of hydrogen-bond acceptors (Lipinski definition) is 2. The van der Waals surface area contributed by atoms with Crippen LogP contribution in [0.2, 0.25) is 0 Å². The first-order chi connectivity index (χ1) is 9.01. The van der Waals surface area contributed by atoms with E-state index in [4.69, 9.17) is 0 Å². The van der Waals surface area contributed by atoms with Gasteiger partial charge in [0.25, 0.3) is 0 Å². The summed E-state index contributed by atoms with van der Waals surface area (Å²) in [4.78, 5) is 2.50. The van der Waals surface area contributed by atoms with Crippen molar-refractivity contribution < 1.29 is 4.39 Å². The summed E-state index contributed by atoms with van der Waals surface area (Å²) >= 11 is 0. The first-order valence-electron chi connectivity index (χ1n) is 7.18. The lowest BCUT2D eigenvalue weighted by molar-refractivity contribution is 0.131. The van der Waals surface area contributed by atoms with Crippen molar-refractivity contribution in [3.05, 3.63) is 34.6 Å². The van der Waals surface area contributed by atoms with Crippen molar-refractivity contribution in [2.75, 3.05) is 13.6 Å². The first-order valence-corrected chi connectivity index (χ1v) is 7.18. The molecule has 2 unspecified atom stereocenters. The van der Waals surface area contributed by atoms with E-state index >= 15 is 0 Å². The highest BCUT2D eigenvalue weighted by atomic mass is 19.1. The van der Waals surface area contributed by atoms with E-state index < -0.39 is 0 Å². The summed E-state index contributed by atoms with van der Waals surface area (Å²) in [7, 11) is 2.04. The van der Waals surface area contributed by atoms with Crippen molar-refractivity contribution in [1.29, 1.82) is 0 Å². The van der Waals surface area contributed by atoms with Crippen LogP contribution in [0.4, 0.5) is 4.39 Å². The summed E-state index contributed by atoms with van der Waals surface area (Å²) in [5, 5.41) is 3.37. The Balaban J connectivity index is 2.05. The molecular formula is C16H25FN2. The molecule has 1 heterocycles. The monoisotopic (exact) mass is 264 g/mol. The Hall–Kier alpha value is -0.930. The molecule has 0 radical (unpaired) electrons. The molecule has 0 aromatic heterocycles. The summed E-state index contributed by atoms with van der Waals surface area (Å²) in [6, 6.07) is 5.19. The van der Waals surface area contributed by atoms with Crippen molar-refractivity contribution in [3.8, 4) is 0 Å². The zero-order valence-corrected chi connectivity index (χ0v) is 12.5. The van der Waals surface area contributed by atoms with E-state index in [1.54, 1.807) is 0 Å². The second-order valence-corrected chi connectivity index (χ2v) is 5.87. The number of rotatable bonds is 3. The summed E-state index contributed by atoms with van der Waals surface area (Å²) in [5.74, 6) is -0.0642. The van der Waals surface area contributed by atoms with E-state index in [-0.39, 0.29) is 5.82 Å². The molecule has 1 fully saturated rings. The highest BCUT2D eigenvalue weighted by Crippen LogP contribution is 2.22. The van der Waals surface area contributed by atoms with Gasteiger partial charge in [-0.3, -0.25) is 4.90 Å². The number of aryl methyl sites for hydroxylation is 2. The minimum absolute atomic E-state index is 0.0642. The maximum atomic E-state index is 13.6. The minimum Gasteiger partial charge on any atom is -0.317 e. The fourth-order valence-corrected chi connectivity index (χ4v) is 3.08. The fourth-order valence-electron chi connectivity index (χ4n) is 3.08. The zero-order chi connectivity index (χ0) is 14.0. The van der Waals surface area contributed by atoms with Gasteiger partial charge in [-0.05, 0) is 57.4 Å². The Bertz CT molecular complexity index is 421. The lowest BCUT2D eigenvalue weighted by Crippen LogP contribution is -2.46. The standard InChI is InChI=1S/C16H25FN2/c1-11-7-14(8-12(2)16(11)17)10-19-6-5-15(18-4)9-13(19)3/h7-8,13,15,18H,5-6,9-10H2,1-4H3. The molecule has 1 aromatic rings. The molecule has 0 bridgehead atoms. The van der Waals surface area contributed by atoms with Crippen LogP contribution >= 0.6 is 0 Å². The molecule has 1 N–H and O–H groups in total. The lowest BCUT2D eigenvalue weighted by Gasteiger charge is -2.37. The highest BCUT2D eigenvalue weighted by molar-refractivity contribution is 5.30. The zero-order valence-electron chi connectivity index (χ0n) is 12.5. The molecular weight excluding hydrogens is 239 g/mol. The predicted octanol–water partition coefficient (Wildman–Crippen LogP) is 3.01. The fraction of sp³-hybridized carbons (Fsp3) is 0.625. The van der Waals surface area contributed by atoms with Crippen molar-refractivity contribution >= 4 is 0 Å². The third kappa shape index (κ3) is 3.34. The number of benzene rings is 1. The van der Waals surface area contributed by atoms with E-state index in [9.17, 15) is 4.39 Å². The molecule has 0 saturated carbocycles. The smallest absolute Gasteiger partial charge is 0.129 e. The Kier molecular flexibility index (Phi) is 4.58. The average Bonchev–Trinajstić information content (AvgIpc) is 2.38. The quantitative estimate of drug-likeness (QED) is 0.903. The van der Waals surface area contributed by atoms with Gasteiger partial charge in [-0.2, -0.15) is 0 Å². The molecule has 106 valence electrons. The molecule has 0 amide bonds. The molecule has 1 aliphatic heterocycles. The van der Waals surface area contributed by atoms with Crippen molar-refractivity contribution in [2.24, 2.45) is 0 Å². The van der Waals surface area contributed by atoms with E-state index in [0.29, 0.717) is 12.1 Å². The largest absolute Gasteiger partial charge is 0.317 e. The highest BCUT2D eigenvalue weighted by Gasteiger charge is 2.24. The van der Waals surface area contributed by atoms with Gasteiger partial charge >= 0.3 is 0 Å². The van der Waals surface area contributed by atoms with Gasteiger partial charge in [0.05, 0.1) is 0 Å². The number of hydrogen-bond donors (Lipinski definition) is 1. The number of nitrogens with one attached hydrogen (secondary N) is 1. The summed E-state index contributed by atoms with van der Waals surface area (Å²) in [6.45, 7) is 8.03. The van der Waals surface area contributed by atoms with Gasteiger partial charge in [0.1, 0.15) is 5.82 Å². The topological polar surface area (TPSA) is 15.3 Å². The van der Waals surface area contributed by atoms with Crippen LogP contribution in [0, 0.1) is 19.7 Å². The summed E-state index contributed by atoms with van der Waals surface area (Å²) < 4.78 is 13.6. The van der Waals surface area contributed by atoms with Crippen LogP contribution in [-0.2, 0) is 6.54 Å². The minimum atomic E-state index is -0.0642. The predicted molar refractivity (Wildman–Crippen MR) is 77.8 cm³/mol. The molecule has 2 rings (SSSR count). The SMILES string of the molecule is CNC1CCN(Cc2cc(C)c(F)c(C)c2)C(C)C1.